The van der Waals surface area contributed by atoms with Gasteiger partial charge in [0.1, 0.15) is 0 Å². The van der Waals surface area contributed by atoms with Crippen molar-refractivity contribution in [3.8, 4) is 0 Å². The summed E-state index contributed by atoms with van der Waals surface area (Å²) in [6.07, 6.45) is 12.4. The summed E-state index contributed by atoms with van der Waals surface area (Å²) in [5.41, 5.74) is 0. The molecule has 2 fully saturated rings. The van der Waals surface area contributed by atoms with Crippen LogP contribution in [0.1, 0.15) is 137 Å². The molecule has 4 unspecified atom stereocenters. The second-order valence-electron chi connectivity index (χ2n) is 12.1. The van der Waals surface area contributed by atoms with Gasteiger partial charge < -0.3 is 0 Å². The first-order valence-electron chi connectivity index (χ1n) is 17.0. The van der Waals surface area contributed by atoms with Gasteiger partial charge in [-0.25, -0.2) is 25.9 Å². The molecule has 12 nitrogen and oxygen atoms in total. The zero-order valence-electron chi connectivity index (χ0n) is 27.8. The molecular formula is C27H58O12P6. The first-order valence-corrected chi connectivity index (χ1v) is 27.4. The van der Waals surface area contributed by atoms with Crippen LogP contribution in [0.4, 0.5) is 0 Å². The first kappa shape index (κ1) is 42.3. The molecule has 4 atom stereocenters. The monoisotopic (exact) mass is 760 g/mol. The van der Waals surface area contributed by atoms with Gasteiger partial charge in [-0.1, -0.05) is 98.3 Å². The van der Waals surface area contributed by atoms with Crippen LogP contribution >= 0.6 is 45.6 Å². The van der Waals surface area contributed by atoms with Gasteiger partial charge in [-0.15, -0.1) is 0 Å². The minimum absolute atomic E-state index is 0.0269. The van der Waals surface area contributed by atoms with Crippen LogP contribution in [-0.2, 0) is 53.3 Å². The standard InChI is InChI=1S/C27H58O12P6/c1-5-9-18-24-42(30)37-43(31,25-19-10-6-2)39-45(33,38-42)27-21-17-15-13-14-16-20-26-44(32)35-40(28,22-11-7-3)34-41(29,36-44)23-12-8-4/h5-27H2,1-4H3. The lowest BCUT2D eigenvalue weighted by Crippen LogP contribution is -2.11. The summed E-state index contributed by atoms with van der Waals surface area (Å²) >= 11 is 0. The third kappa shape index (κ3) is 15.7. The van der Waals surface area contributed by atoms with E-state index in [4.69, 9.17) is 25.9 Å². The minimum atomic E-state index is -3.85. The maximum atomic E-state index is 13.5. The zero-order valence-corrected chi connectivity index (χ0v) is 33.2. The fourth-order valence-electron chi connectivity index (χ4n) is 5.03. The van der Waals surface area contributed by atoms with E-state index in [9.17, 15) is 27.4 Å². The van der Waals surface area contributed by atoms with Crippen LogP contribution in [0.25, 0.3) is 0 Å². The molecule has 0 radical (unpaired) electrons. The lowest BCUT2D eigenvalue weighted by molar-refractivity contribution is 0.271. The van der Waals surface area contributed by atoms with Gasteiger partial charge in [-0.2, -0.15) is 0 Å². The molecule has 0 aromatic rings. The Bertz CT molecular complexity index is 1110. The molecule has 0 bridgehead atoms. The smallest absolute Gasteiger partial charge is 0.259 e. The highest BCUT2D eigenvalue weighted by Crippen LogP contribution is 2.83. The highest BCUT2D eigenvalue weighted by atomic mass is 31.3. The molecule has 18 heteroatoms. The molecule has 2 heterocycles. The summed E-state index contributed by atoms with van der Waals surface area (Å²) in [5, 5.41) is 0. The van der Waals surface area contributed by atoms with Crippen LogP contribution in [0.5, 0.6) is 0 Å². The van der Waals surface area contributed by atoms with Gasteiger partial charge in [0.25, 0.3) is 0 Å². The molecule has 0 saturated carbocycles. The Morgan fingerprint density at radius 3 is 0.667 bits per heavy atom. The molecular weight excluding hydrogens is 702 g/mol. The van der Waals surface area contributed by atoms with E-state index < -0.39 is 45.6 Å². The Balaban J connectivity index is 1.80. The van der Waals surface area contributed by atoms with Crippen molar-refractivity contribution in [2.75, 3.05) is 37.0 Å². The maximum Gasteiger partial charge on any atom is 0.345 e. The van der Waals surface area contributed by atoms with Gasteiger partial charge in [0.15, 0.2) is 0 Å². The zero-order chi connectivity index (χ0) is 33.5. The summed E-state index contributed by atoms with van der Waals surface area (Å²) < 4.78 is 113. The average molecular weight is 761 g/mol. The van der Waals surface area contributed by atoms with Gasteiger partial charge in [0.05, 0.1) is 37.0 Å². The van der Waals surface area contributed by atoms with Crippen molar-refractivity contribution < 1.29 is 53.3 Å². The van der Waals surface area contributed by atoms with Gasteiger partial charge in [-0.05, 0) is 38.5 Å². The summed E-state index contributed by atoms with van der Waals surface area (Å²) in [4.78, 5) is 0. The van der Waals surface area contributed by atoms with Gasteiger partial charge in [-0.3, -0.25) is 27.4 Å². The van der Waals surface area contributed by atoms with E-state index in [1.165, 1.54) is 0 Å². The number of hydrogen-bond donors (Lipinski definition) is 0. The summed E-state index contributed by atoms with van der Waals surface area (Å²) in [6.45, 7) is 7.88. The van der Waals surface area contributed by atoms with E-state index in [2.05, 4.69) is 0 Å². The predicted molar refractivity (Wildman–Crippen MR) is 183 cm³/mol. The Labute approximate surface area is 272 Å². The second kappa shape index (κ2) is 20.1. The van der Waals surface area contributed by atoms with E-state index >= 15 is 0 Å². The third-order valence-electron chi connectivity index (χ3n) is 7.50. The average Bonchev–Trinajstić information content (AvgIpc) is 2.93. The van der Waals surface area contributed by atoms with E-state index in [1.807, 2.05) is 27.7 Å². The van der Waals surface area contributed by atoms with Gasteiger partial charge in [0, 0.05) is 0 Å². The molecule has 45 heavy (non-hydrogen) atoms. The molecule has 2 rings (SSSR count). The number of rotatable bonds is 24. The molecule has 0 amide bonds. The molecule has 0 aromatic carbocycles. The summed E-state index contributed by atoms with van der Waals surface area (Å²) in [5.74, 6) is 0. The number of hydrogen-bond acceptors (Lipinski definition) is 12. The number of unbranched alkanes of at least 4 members (excludes halogenated alkanes) is 12. The predicted octanol–water partition coefficient (Wildman–Crippen LogP) is 13.0. The lowest BCUT2D eigenvalue weighted by Gasteiger charge is -2.34. The van der Waals surface area contributed by atoms with Crippen molar-refractivity contribution in [3.63, 3.8) is 0 Å². The molecule has 2 aliphatic heterocycles. The van der Waals surface area contributed by atoms with Crippen molar-refractivity contribution in [2.24, 2.45) is 0 Å². The largest absolute Gasteiger partial charge is 0.345 e. The molecule has 0 spiro atoms. The fourth-order valence-corrected chi connectivity index (χ4v) is 24.2. The van der Waals surface area contributed by atoms with E-state index in [1.54, 1.807) is 0 Å². The van der Waals surface area contributed by atoms with Crippen LogP contribution in [0, 0.1) is 0 Å². The van der Waals surface area contributed by atoms with Crippen molar-refractivity contribution in [3.05, 3.63) is 0 Å². The lowest BCUT2D eigenvalue weighted by atomic mass is 10.1. The van der Waals surface area contributed by atoms with Crippen molar-refractivity contribution in [1.82, 2.24) is 0 Å². The van der Waals surface area contributed by atoms with Gasteiger partial charge in [0.2, 0.25) is 0 Å². The summed E-state index contributed by atoms with van der Waals surface area (Å²) in [6, 6.07) is 0. The summed E-state index contributed by atoms with van der Waals surface area (Å²) in [7, 11) is -22.8. The van der Waals surface area contributed by atoms with Crippen molar-refractivity contribution >= 4 is 45.6 Å². The molecule has 0 N–H and O–H groups in total. The topological polar surface area (TPSA) is 158 Å². The van der Waals surface area contributed by atoms with Crippen LogP contribution in [0.3, 0.4) is 0 Å². The quantitative estimate of drug-likeness (QED) is 0.0678. The van der Waals surface area contributed by atoms with Crippen molar-refractivity contribution in [1.29, 1.82) is 0 Å². The minimum Gasteiger partial charge on any atom is -0.259 e. The molecule has 2 saturated heterocycles. The van der Waals surface area contributed by atoms with E-state index in [-0.39, 0.29) is 37.0 Å². The first-order chi connectivity index (χ1) is 21.2. The Kier molecular flexibility index (Phi) is 18.9. The Morgan fingerprint density at radius 2 is 0.444 bits per heavy atom. The highest BCUT2D eigenvalue weighted by molar-refractivity contribution is 7.80. The van der Waals surface area contributed by atoms with Crippen LogP contribution < -0.4 is 0 Å². The molecule has 2 aliphatic rings. The fraction of sp³-hybridized carbons (Fsp3) is 1.00. The van der Waals surface area contributed by atoms with E-state index in [0.717, 1.165) is 70.6 Å². The highest BCUT2D eigenvalue weighted by Gasteiger charge is 2.52. The van der Waals surface area contributed by atoms with E-state index in [0.29, 0.717) is 38.5 Å². The SMILES string of the molecule is CCCCCP1(=O)OP(=O)(CCCCC)OP(=O)(CCCCCCCCCP2(=O)OP(=O)(CCCC)OP(=O)(CCCC)O2)O1. The Morgan fingerprint density at radius 1 is 0.267 bits per heavy atom. The van der Waals surface area contributed by atoms with Crippen LogP contribution in [0.2, 0.25) is 0 Å². The molecule has 0 aliphatic carbocycles. The van der Waals surface area contributed by atoms with Crippen LogP contribution in [-0.4, -0.2) is 37.0 Å². The Hall–Kier alpha value is 1.14. The van der Waals surface area contributed by atoms with Crippen molar-refractivity contribution in [2.45, 2.75) is 137 Å². The third-order valence-corrected chi connectivity index (χ3v) is 24.6. The normalized spacial score (nSPS) is 35.5. The van der Waals surface area contributed by atoms with Crippen LogP contribution in [0.15, 0.2) is 0 Å². The molecule has 0 aromatic heterocycles. The molecule has 268 valence electrons. The second-order valence-corrected chi connectivity index (χ2v) is 26.0. The van der Waals surface area contributed by atoms with Gasteiger partial charge >= 0.3 is 45.6 Å². The maximum absolute atomic E-state index is 13.5.